The van der Waals surface area contributed by atoms with Gasteiger partial charge in [-0.05, 0) is 24.6 Å². The Hall–Kier alpha value is -2.56. The first kappa shape index (κ1) is 13.9. The van der Waals surface area contributed by atoms with E-state index in [9.17, 15) is 19.8 Å². The van der Waals surface area contributed by atoms with Crippen molar-refractivity contribution < 1.29 is 19.8 Å². The highest BCUT2D eigenvalue weighted by atomic mass is 16.3. The largest absolute Gasteiger partial charge is 0.507 e. The summed E-state index contributed by atoms with van der Waals surface area (Å²) in [7, 11) is 0. The summed E-state index contributed by atoms with van der Waals surface area (Å²) in [6.45, 7) is 0. The second kappa shape index (κ2) is 6.06. The van der Waals surface area contributed by atoms with Crippen molar-refractivity contribution in [3.63, 3.8) is 0 Å². The van der Waals surface area contributed by atoms with Gasteiger partial charge >= 0.3 is 0 Å². The number of nitrogens with one attached hydrogen (secondary N) is 1. The Morgan fingerprint density at radius 1 is 1.15 bits per heavy atom. The van der Waals surface area contributed by atoms with Crippen LogP contribution in [0.3, 0.4) is 0 Å². The Labute approximate surface area is 116 Å². The van der Waals surface area contributed by atoms with E-state index in [1.807, 2.05) is 0 Å². The topological polar surface area (TPSA) is 86.6 Å². The summed E-state index contributed by atoms with van der Waals surface area (Å²) in [5.41, 5.74) is 0.328. The molecule has 0 atom stereocenters. The number of phenols is 1. The van der Waals surface area contributed by atoms with Gasteiger partial charge in [-0.1, -0.05) is 12.1 Å². The van der Waals surface area contributed by atoms with E-state index in [0.717, 1.165) is 0 Å². The van der Waals surface area contributed by atoms with Crippen molar-refractivity contribution in [1.82, 2.24) is 0 Å². The number of Topliss-reactive ketones (excluding diaryl/α,β-unsaturated/α-hetero) is 2. The van der Waals surface area contributed by atoms with E-state index in [-0.39, 0.29) is 41.5 Å². The zero-order valence-corrected chi connectivity index (χ0v) is 10.8. The molecule has 1 aromatic rings. The minimum Gasteiger partial charge on any atom is -0.507 e. The predicted molar refractivity (Wildman–Crippen MR) is 74.4 cm³/mol. The van der Waals surface area contributed by atoms with Gasteiger partial charge in [-0.25, -0.2) is 0 Å². The molecule has 0 aliphatic heterocycles. The number of anilines is 1. The molecule has 1 aliphatic rings. The van der Waals surface area contributed by atoms with E-state index in [1.54, 1.807) is 18.2 Å². The fourth-order valence-electron chi connectivity index (χ4n) is 1.99. The van der Waals surface area contributed by atoms with Gasteiger partial charge in [-0.15, -0.1) is 0 Å². The lowest BCUT2D eigenvalue weighted by molar-refractivity contribution is -0.124. The van der Waals surface area contributed by atoms with Gasteiger partial charge in [-0.2, -0.15) is 0 Å². The molecule has 0 bridgehead atoms. The Morgan fingerprint density at radius 2 is 1.80 bits per heavy atom. The number of hydrogen-bond acceptors (Lipinski definition) is 5. The highest BCUT2D eigenvalue weighted by molar-refractivity contribution is 6.22. The molecule has 1 fully saturated rings. The molecule has 1 saturated carbocycles. The molecule has 0 amide bonds. The van der Waals surface area contributed by atoms with Crippen LogP contribution in [0.1, 0.15) is 19.3 Å². The zero-order chi connectivity index (χ0) is 14.5. The Balaban J connectivity index is 2.12. The molecule has 0 spiro atoms. The summed E-state index contributed by atoms with van der Waals surface area (Å²) in [6.07, 6.45) is 3.71. The highest BCUT2D eigenvalue weighted by Gasteiger charge is 2.25. The lowest BCUT2D eigenvalue weighted by Crippen LogP contribution is -2.20. The predicted octanol–water partition coefficient (Wildman–Crippen LogP) is 2.45. The number of para-hydroxylation sites is 2. The number of aromatic hydroxyl groups is 1. The number of carbonyl (C=O) groups is 2. The molecule has 3 N–H and O–H groups in total. The van der Waals surface area contributed by atoms with E-state index in [0.29, 0.717) is 12.1 Å². The molecule has 2 rings (SSSR count). The number of aliphatic hydroxyl groups is 1. The summed E-state index contributed by atoms with van der Waals surface area (Å²) in [4.78, 5) is 23.2. The van der Waals surface area contributed by atoms with Gasteiger partial charge in [0.2, 0.25) is 0 Å². The summed E-state index contributed by atoms with van der Waals surface area (Å²) >= 11 is 0. The maximum absolute atomic E-state index is 11.6. The zero-order valence-electron chi connectivity index (χ0n) is 10.8. The minimum atomic E-state index is -0.345. The first-order valence-corrected chi connectivity index (χ1v) is 6.30. The van der Waals surface area contributed by atoms with Crippen molar-refractivity contribution in [2.75, 3.05) is 5.32 Å². The van der Waals surface area contributed by atoms with Crippen LogP contribution in [0.4, 0.5) is 5.69 Å². The fraction of sp³-hybridized carbons (Fsp3) is 0.200. The van der Waals surface area contributed by atoms with Crippen LogP contribution in [0.25, 0.3) is 0 Å². The summed E-state index contributed by atoms with van der Waals surface area (Å²) in [6, 6.07) is 6.59. The van der Waals surface area contributed by atoms with Gasteiger partial charge in [0.1, 0.15) is 17.1 Å². The maximum Gasteiger partial charge on any atom is 0.170 e. The van der Waals surface area contributed by atoms with Gasteiger partial charge in [0, 0.05) is 19.0 Å². The molecule has 0 saturated heterocycles. The summed E-state index contributed by atoms with van der Waals surface area (Å²) in [5.74, 6) is -0.936. The molecule has 5 nitrogen and oxygen atoms in total. The van der Waals surface area contributed by atoms with Crippen LogP contribution in [-0.2, 0) is 9.59 Å². The van der Waals surface area contributed by atoms with Gasteiger partial charge in [0.15, 0.2) is 11.6 Å². The molecule has 5 heteroatoms. The van der Waals surface area contributed by atoms with Crippen LogP contribution < -0.4 is 5.32 Å². The molecular weight excluding hydrogens is 258 g/mol. The van der Waals surface area contributed by atoms with Gasteiger partial charge in [0.05, 0.1) is 5.69 Å². The normalized spacial score (nSPS) is 15.7. The van der Waals surface area contributed by atoms with E-state index in [2.05, 4.69) is 5.32 Å². The fourth-order valence-corrected chi connectivity index (χ4v) is 1.99. The van der Waals surface area contributed by atoms with Crippen LogP contribution in [-0.4, -0.2) is 21.8 Å². The quantitative estimate of drug-likeness (QED) is 0.341. The molecule has 1 aromatic carbocycles. The van der Waals surface area contributed by atoms with Crippen molar-refractivity contribution in [2.24, 2.45) is 0 Å². The number of hydrogen-bond donors (Lipinski definition) is 3. The SMILES string of the molecule is O=C1CCCC(=O)C1=C(O)/C=C/Nc1ccccc1O. The van der Waals surface area contributed by atoms with E-state index in [1.165, 1.54) is 18.3 Å². The molecule has 0 aromatic heterocycles. The number of ketones is 2. The smallest absolute Gasteiger partial charge is 0.170 e. The average molecular weight is 273 g/mol. The number of benzene rings is 1. The molecule has 104 valence electrons. The number of aliphatic hydroxyl groups excluding tert-OH is 1. The molecule has 0 radical (unpaired) electrons. The Morgan fingerprint density at radius 3 is 2.45 bits per heavy atom. The van der Waals surface area contributed by atoms with Crippen molar-refractivity contribution in [2.45, 2.75) is 19.3 Å². The second-order valence-corrected chi connectivity index (χ2v) is 4.45. The average Bonchev–Trinajstić information content (AvgIpc) is 2.41. The first-order valence-electron chi connectivity index (χ1n) is 6.30. The molecule has 20 heavy (non-hydrogen) atoms. The van der Waals surface area contributed by atoms with Crippen LogP contribution in [0, 0.1) is 0 Å². The number of allylic oxidation sites excluding steroid dienone is 2. The summed E-state index contributed by atoms with van der Waals surface area (Å²) < 4.78 is 0. The van der Waals surface area contributed by atoms with Crippen molar-refractivity contribution in [3.8, 4) is 5.75 Å². The number of rotatable bonds is 3. The third-order valence-corrected chi connectivity index (χ3v) is 3.01. The standard InChI is InChI=1S/C15H15NO4/c17-11-5-2-1-4-10(11)16-9-8-14(20)15-12(18)6-3-7-13(15)19/h1-2,4-5,8-9,16-17,20H,3,6-7H2/b9-8+. The highest BCUT2D eigenvalue weighted by Crippen LogP contribution is 2.22. The number of carbonyl (C=O) groups excluding carboxylic acids is 2. The third-order valence-electron chi connectivity index (χ3n) is 3.01. The molecular formula is C15H15NO4. The van der Waals surface area contributed by atoms with Crippen molar-refractivity contribution in [1.29, 1.82) is 0 Å². The molecule has 0 heterocycles. The van der Waals surface area contributed by atoms with E-state index >= 15 is 0 Å². The second-order valence-electron chi connectivity index (χ2n) is 4.45. The first-order chi connectivity index (χ1) is 9.59. The van der Waals surface area contributed by atoms with E-state index < -0.39 is 0 Å². The van der Waals surface area contributed by atoms with E-state index in [4.69, 9.17) is 0 Å². The maximum atomic E-state index is 11.6. The van der Waals surface area contributed by atoms with Gasteiger partial charge in [-0.3, -0.25) is 9.59 Å². The minimum absolute atomic E-state index is 0.0640. The Kier molecular flexibility index (Phi) is 4.20. The van der Waals surface area contributed by atoms with Crippen LogP contribution in [0.5, 0.6) is 5.75 Å². The van der Waals surface area contributed by atoms with Crippen LogP contribution in [0.15, 0.2) is 47.9 Å². The van der Waals surface area contributed by atoms with Crippen LogP contribution in [0.2, 0.25) is 0 Å². The summed E-state index contributed by atoms with van der Waals surface area (Å²) in [5, 5.41) is 22.1. The van der Waals surface area contributed by atoms with Crippen molar-refractivity contribution >= 4 is 17.3 Å². The Bertz CT molecular complexity index is 584. The third kappa shape index (κ3) is 3.06. The monoisotopic (exact) mass is 273 g/mol. The van der Waals surface area contributed by atoms with Crippen LogP contribution >= 0.6 is 0 Å². The molecule has 0 unspecified atom stereocenters. The van der Waals surface area contributed by atoms with Gasteiger partial charge in [0.25, 0.3) is 0 Å². The molecule has 1 aliphatic carbocycles. The van der Waals surface area contributed by atoms with Crippen molar-refractivity contribution in [3.05, 3.63) is 47.9 Å². The number of phenolic OH excluding ortho intramolecular Hbond substituents is 1. The van der Waals surface area contributed by atoms with Gasteiger partial charge < -0.3 is 15.5 Å². The lowest BCUT2D eigenvalue weighted by Gasteiger charge is -2.12. The lowest BCUT2D eigenvalue weighted by atomic mass is 9.91.